The van der Waals surface area contributed by atoms with Gasteiger partial charge in [0.05, 0.1) is 6.10 Å². The summed E-state index contributed by atoms with van der Waals surface area (Å²) in [5.41, 5.74) is 6.32. The lowest BCUT2D eigenvalue weighted by atomic mass is 10.4. The molecule has 17 heavy (non-hydrogen) atoms. The Morgan fingerprint density at radius 2 is 2.12 bits per heavy atom. The van der Waals surface area contributed by atoms with E-state index in [1.807, 2.05) is 13.8 Å². The van der Waals surface area contributed by atoms with Gasteiger partial charge in [-0.15, -0.1) is 0 Å². The van der Waals surface area contributed by atoms with E-state index in [-0.39, 0.29) is 6.10 Å². The van der Waals surface area contributed by atoms with Gasteiger partial charge in [0.25, 0.3) is 0 Å². The lowest BCUT2D eigenvalue weighted by Gasteiger charge is -2.11. The van der Waals surface area contributed by atoms with Crippen molar-refractivity contribution in [3.63, 3.8) is 0 Å². The number of nitrogens with zero attached hydrogens (tertiary/aromatic N) is 4. The molecule has 0 fully saturated rings. The molecule has 0 atom stereocenters. The van der Waals surface area contributed by atoms with E-state index in [0.717, 1.165) is 0 Å². The summed E-state index contributed by atoms with van der Waals surface area (Å²) in [4.78, 5) is 12.1. The van der Waals surface area contributed by atoms with Gasteiger partial charge in [-0.25, -0.2) is 9.97 Å². The maximum atomic E-state index is 5.92. The maximum absolute atomic E-state index is 5.92. The smallest absolute Gasteiger partial charge is 0.241 e. The summed E-state index contributed by atoms with van der Waals surface area (Å²) >= 11 is 1.28. The van der Waals surface area contributed by atoms with Crippen molar-refractivity contribution in [2.24, 2.45) is 0 Å². The van der Waals surface area contributed by atoms with Gasteiger partial charge in [-0.3, -0.25) is 5.10 Å². The van der Waals surface area contributed by atoms with Gasteiger partial charge in [0.1, 0.15) is 23.4 Å². The Labute approximate surface area is 102 Å². The van der Waals surface area contributed by atoms with Crippen molar-refractivity contribution in [1.29, 1.82) is 0 Å². The highest BCUT2D eigenvalue weighted by atomic mass is 32.2. The van der Waals surface area contributed by atoms with Crippen LogP contribution in [0.3, 0.4) is 0 Å². The highest BCUT2D eigenvalue weighted by molar-refractivity contribution is 7.99. The third kappa shape index (κ3) is 2.84. The number of aromatic amines is 1. The molecule has 2 heterocycles. The van der Waals surface area contributed by atoms with E-state index in [1.165, 1.54) is 24.4 Å². The SMILES string of the molecule is CC(C)Oc1ncnc(Sc2ncn[nH]2)c1N. The Morgan fingerprint density at radius 1 is 1.29 bits per heavy atom. The Balaban J connectivity index is 2.23. The second-order valence-corrected chi connectivity index (χ2v) is 4.43. The van der Waals surface area contributed by atoms with Crippen LogP contribution in [0.25, 0.3) is 0 Å². The van der Waals surface area contributed by atoms with E-state index in [9.17, 15) is 0 Å². The summed E-state index contributed by atoms with van der Waals surface area (Å²) in [5.74, 6) is 0.386. The van der Waals surface area contributed by atoms with Crippen LogP contribution in [0, 0.1) is 0 Å². The molecule has 0 unspecified atom stereocenters. The van der Waals surface area contributed by atoms with E-state index >= 15 is 0 Å². The van der Waals surface area contributed by atoms with Crippen molar-refractivity contribution in [1.82, 2.24) is 25.1 Å². The number of nitrogens with one attached hydrogen (secondary N) is 1. The molecule has 0 radical (unpaired) electrons. The van der Waals surface area contributed by atoms with Crippen LogP contribution in [0.15, 0.2) is 22.8 Å². The highest BCUT2D eigenvalue weighted by Gasteiger charge is 2.12. The van der Waals surface area contributed by atoms with E-state index in [2.05, 4.69) is 25.1 Å². The molecule has 2 rings (SSSR count). The lowest BCUT2D eigenvalue weighted by molar-refractivity contribution is 0.233. The van der Waals surface area contributed by atoms with Crippen LogP contribution in [0.4, 0.5) is 5.69 Å². The Hall–Kier alpha value is -1.83. The number of rotatable bonds is 4. The summed E-state index contributed by atoms with van der Waals surface area (Å²) in [6, 6.07) is 0. The van der Waals surface area contributed by atoms with E-state index in [1.54, 1.807) is 0 Å². The molecule has 0 aliphatic carbocycles. The fourth-order valence-corrected chi connectivity index (χ4v) is 1.78. The molecule has 2 aromatic rings. The van der Waals surface area contributed by atoms with Crippen molar-refractivity contribution in [3.8, 4) is 5.88 Å². The fraction of sp³-hybridized carbons (Fsp3) is 0.333. The average molecular weight is 252 g/mol. The minimum atomic E-state index is 0.00956. The number of nitrogens with two attached hydrogens (primary N) is 1. The number of nitrogen functional groups attached to an aromatic ring is 1. The monoisotopic (exact) mass is 252 g/mol. The quantitative estimate of drug-likeness (QED) is 0.786. The number of aromatic nitrogens is 5. The first kappa shape index (κ1) is 11.6. The fourth-order valence-electron chi connectivity index (χ4n) is 1.10. The lowest BCUT2D eigenvalue weighted by Crippen LogP contribution is -2.10. The second-order valence-electron chi connectivity index (χ2n) is 3.46. The van der Waals surface area contributed by atoms with Crippen LogP contribution < -0.4 is 10.5 Å². The van der Waals surface area contributed by atoms with Crippen molar-refractivity contribution < 1.29 is 4.74 Å². The van der Waals surface area contributed by atoms with Gasteiger partial charge in [0.2, 0.25) is 5.88 Å². The normalized spacial score (nSPS) is 10.8. The third-order valence-electron chi connectivity index (χ3n) is 1.74. The van der Waals surface area contributed by atoms with Crippen LogP contribution >= 0.6 is 11.8 Å². The largest absolute Gasteiger partial charge is 0.473 e. The summed E-state index contributed by atoms with van der Waals surface area (Å²) < 4.78 is 5.47. The predicted molar refractivity (Wildman–Crippen MR) is 62.7 cm³/mol. The molecule has 8 heteroatoms. The Kier molecular flexibility index (Phi) is 3.43. The van der Waals surface area contributed by atoms with Gasteiger partial charge in [-0.2, -0.15) is 10.1 Å². The standard InChI is InChI=1S/C9H12N6OS/c1-5(2)16-7-6(10)8(12-3-11-7)17-9-13-4-14-15-9/h3-5H,10H2,1-2H3,(H,13,14,15). The molecule has 7 nitrogen and oxygen atoms in total. The molecular weight excluding hydrogens is 240 g/mol. The highest BCUT2D eigenvalue weighted by Crippen LogP contribution is 2.32. The van der Waals surface area contributed by atoms with Crippen molar-refractivity contribution in [2.75, 3.05) is 5.73 Å². The molecule has 0 aliphatic rings. The zero-order valence-corrected chi connectivity index (χ0v) is 10.2. The number of H-pyrrole nitrogens is 1. The van der Waals surface area contributed by atoms with E-state index < -0.39 is 0 Å². The minimum absolute atomic E-state index is 0.00956. The number of anilines is 1. The van der Waals surface area contributed by atoms with Crippen LogP contribution in [-0.2, 0) is 0 Å². The van der Waals surface area contributed by atoms with Crippen LogP contribution in [-0.4, -0.2) is 31.3 Å². The maximum Gasteiger partial charge on any atom is 0.241 e. The molecule has 0 saturated carbocycles. The number of hydrogen-bond acceptors (Lipinski definition) is 7. The molecule has 90 valence electrons. The van der Waals surface area contributed by atoms with Gasteiger partial charge in [0, 0.05) is 0 Å². The van der Waals surface area contributed by atoms with Crippen molar-refractivity contribution in [3.05, 3.63) is 12.7 Å². The third-order valence-corrected chi connectivity index (χ3v) is 2.65. The van der Waals surface area contributed by atoms with Gasteiger partial charge in [0.15, 0.2) is 5.16 Å². The molecule has 0 spiro atoms. The van der Waals surface area contributed by atoms with Crippen LogP contribution in [0.1, 0.15) is 13.8 Å². The molecule has 3 N–H and O–H groups in total. The van der Waals surface area contributed by atoms with E-state index in [0.29, 0.717) is 21.7 Å². The molecule has 0 saturated heterocycles. The topological polar surface area (TPSA) is 103 Å². The zero-order valence-electron chi connectivity index (χ0n) is 9.41. The number of ether oxygens (including phenoxy) is 1. The van der Waals surface area contributed by atoms with Gasteiger partial charge >= 0.3 is 0 Å². The Bertz CT molecular complexity index is 486. The minimum Gasteiger partial charge on any atom is -0.473 e. The molecular formula is C9H12N6OS. The summed E-state index contributed by atoms with van der Waals surface area (Å²) in [5, 5.41) is 7.67. The number of hydrogen-bond donors (Lipinski definition) is 2. The molecule has 2 aromatic heterocycles. The van der Waals surface area contributed by atoms with Crippen molar-refractivity contribution >= 4 is 17.4 Å². The van der Waals surface area contributed by atoms with Crippen LogP contribution in [0.5, 0.6) is 5.88 Å². The molecule has 0 aromatic carbocycles. The van der Waals surface area contributed by atoms with E-state index in [4.69, 9.17) is 10.5 Å². The summed E-state index contributed by atoms with van der Waals surface area (Å²) in [6.07, 6.45) is 2.84. The summed E-state index contributed by atoms with van der Waals surface area (Å²) in [6.45, 7) is 3.82. The molecule has 0 bridgehead atoms. The second kappa shape index (κ2) is 5.00. The first-order chi connectivity index (χ1) is 8.16. The molecule has 0 amide bonds. The van der Waals surface area contributed by atoms with Crippen LogP contribution in [0.2, 0.25) is 0 Å². The first-order valence-electron chi connectivity index (χ1n) is 4.97. The summed E-state index contributed by atoms with van der Waals surface area (Å²) in [7, 11) is 0. The zero-order chi connectivity index (χ0) is 12.3. The van der Waals surface area contributed by atoms with Gasteiger partial charge in [-0.1, -0.05) is 0 Å². The van der Waals surface area contributed by atoms with Gasteiger partial charge < -0.3 is 10.5 Å². The molecule has 0 aliphatic heterocycles. The van der Waals surface area contributed by atoms with Crippen molar-refractivity contribution in [2.45, 2.75) is 30.1 Å². The van der Waals surface area contributed by atoms with Gasteiger partial charge in [-0.05, 0) is 25.6 Å². The first-order valence-corrected chi connectivity index (χ1v) is 5.79. The predicted octanol–water partition coefficient (Wildman–Crippen LogP) is 1.12. The average Bonchev–Trinajstić information content (AvgIpc) is 2.76. The Morgan fingerprint density at radius 3 is 2.76 bits per heavy atom.